The van der Waals surface area contributed by atoms with Crippen molar-refractivity contribution in [2.45, 2.75) is 19.3 Å². The van der Waals surface area contributed by atoms with E-state index in [2.05, 4.69) is 4.98 Å². The molecule has 7 nitrogen and oxygen atoms in total. The molecule has 3 atom stereocenters. The van der Waals surface area contributed by atoms with Gasteiger partial charge in [0.05, 0.1) is 11.6 Å². The lowest BCUT2D eigenvalue weighted by molar-refractivity contribution is -0.126. The van der Waals surface area contributed by atoms with Crippen molar-refractivity contribution in [3.8, 4) is 0 Å². The van der Waals surface area contributed by atoms with Crippen molar-refractivity contribution in [1.82, 2.24) is 4.98 Å². The molecular weight excluding hydrogens is 324 g/mol. The molecule has 3 unspecified atom stereocenters. The predicted octanol–water partition coefficient (Wildman–Crippen LogP) is 1.15. The number of fused-ring (bicyclic) bond motifs is 3. The average Bonchev–Trinajstić information content (AvgIpc) is 2.53. The minimum atomic E-state index is -1.02. The molecule has 3 aliphatic carbocycles. The van der Waals surface area contributed by atoms with Crippen molar-refractivity contribution in [3.05, 3.63) is 52.3 Å². The number of allylic oxidation sites excluding steroid dienone is 3. The van der Waals surface area contributed by atoms with E-state index >= 15 is 0 Å². The van der Waals surface area contributed by atoms with Gasteiger partial charge in [-0.2, -0.15) is 0 Å². The Bertz CT molecular complexity index is 898. The molecule has 0 aromatic carbocycles. The molecule has 0 saturated heterocycles. The van der Waals surface area contributed by atoms with E-state index in [0.29, 0.717) is 24.1 Å². The number of amides is 1. The molecule has 1 amide bonds. The van der Waals surface area contributed by atoms with Gasteiger partial charge in [-0.3, -0.25) is 19.4 Å². The largest absolute Gasteiger partial charge is 0.511 e. The van der Waals surface area contributed by atoms with Gasteiger partial charge in [-0.05, 0) is 36.8 Å². The Kier molecular flexibility index (Phi) is 3.28. The van der Waals surface area contributed by atoms with Crippen LogP contribution < -0.4 is 5.73 Å². The molecule has 0 saturated carbocycles. The summed E-state index contributed by atoms with van der Waals surface area (Å²) < 4.78 is 0. The van der Waals surface area contributed by atoms with Crippen LogP contribution in [0.5, 0.6) is 0 Å². The average molecular weight is 340 g/mol. The summed E-state index contributed by atoms with van der Waals surface area (Å²) in [6, 6.07) is 3.30. The second-order valence-electron chi connectivity index (χ2n) is 6.75. The molecule has 0 fully saturated rings. The van der Waals surface area contributed by atoms with E-state index in [1.54, 1.807) is 18.3 Å². The van der Waals surface area contributed by atoms with Gasteiger partial charge in [-0.1, -0.05) is 0 Å². The lowest BCUT2D eigenvalue weighted by Crippen LogP contribution is -2.43. The minimum absolute atomic E-state index is 0.0752. The Labute approximate surface area is 142 Å². The van der Waals surface area contributed by atoms with Crippen LogP contribution in [0.4, 0.5) is 0 Å². The quantitative estimate of drug-likeness (QED) is 0.657. The Balaban J connectivity index is 1.83. The number of hydrogen-bond acceptors (Lipinski definition) is 6. The highest BCUT2D eigenvalue weighted by Gasteiger charge is 2.49. The van der Waals surface area contributed by atoms with Gasteiger partial charge in [0.1, 0.15) is 17.1 Å². The van der Waals surface area contributed by atoms with Crippen LogP contribution in [-0.2, 0) is 16.0 Å². The number of nitrogens with zero attached hydrogens (tertiary/aromatic N) is 1. The molecule has 1 aromatic heterocycles. The van der Waals surface area contributed by atoms with Crippen molar-refractivity contribution >= 4 is 17.5 Å². The molecule has 4 N–H and O–H groups in total. The second kappa shape index (κ2) is 5.27. The van der Waals surface area contributed by atoms with Gasteiger partial charge in [0.15, 0.2) is 11.6 Å². The van der Waals surface area contributed by atoms with Crippen LogP contribution in [0.1, 0.15) is 28.9 Å². The van der Waals surface area contributed by atoms with E-state index in [-0.39, 0.29) is 41.1 Å². The van der Waals surface area contributed by atoms with Crippen molar-refractivity contribution in [2.24, 2.45) is 23.5 Å². The number of pyridine rings is 1. The number of aliphatic hydroxyl groups is 2. The summed E-state index contributed by atoms with van der Waals surface area (Å²) in [6.45, 7) is 0. The van der Waals surface area contributed by atoms with Gasteiger partial charge in [-0.25, -0.2) is 0 Å². The highest BCUT2D eigenvalue weighted by atomic mass is 16.3. The van der Waals surface area contributed by atoms with Crippen molar-refractivity contribution in [2.75, 3.05) is 0 Å². The van der Waals surface area contributed by atoms with E-state index in [0.717, 1.165) is 0 Å². The second-order valence-corrected chi connectivity index (χ2v) is 6.75. The van der Waals surface area contributed by atoms with Crippen molar-refractivity contribution < 1.29 is 24.6 Å². The van der Waals surface area contributed by atoms with Gasteiger partial charge in [0.2, 0.25) is 0 Å². The molecular formula is C18H16N2O5. The zero-order valence-corrected chi connectivity index (χ0v) is 13.2. The number of primary amides is 1. The lowest BCUT2D eigenvalue weighted by atomic mass is 9.63. The number of ketones is 2. The Morgan fingerprint density at radius 1 is 1.24 bits per heavy atom. The van der Waals surface area contributed by atoms with Crippen LogP contribution in [0.25, 0.3) is 0 Å². The maximum atomic E-state index is 12.8. The summed E-state index contributed by atoms with van der Waals surface area (Å²) in [5.41, 5.74) is 6.03. The SMILES string of the molecule is NC(=O)C1=C(O)CC2CC3Cc4ncccc4C(=O)C3=C(O)C2C1=O. The van der Waals surface area contributed by atoms with E-state index in [1.165, 1.54) is 0 Å². The minimum Gasteiger partial charge on any atom is -0.511 e. The molecule has 0 radical (unpaired) electrons. The summed E-state index contributed by atoms with van der Waals surface area (Å²) in [4.78, 5) is 41.1. The maximum absolute atomic E-state index is 12.8. The first kappa shape index (κ1) is 15.6. The number of aliphatic hydroxyl groups excluding tert-OH is 2. The van der Waals surface area contributed by atoms with Crippen LogP contribution in [0, 0.1) is 17.8 Å². The normalized spacial score (nSPS) is 28.4. The number of carbonyl (C=O) groups excluding carboxylic acids is 3. The van der Waals surface area contributed by atoms with E-state index in [9.17, 15) is 24.6 Å². The summed E-state index contributed by atoms with van der Waals surface area (Å²) in [5, 5.41) is 20.7. The summed E-state index contributed by atoms with van der Waals surface area (Å²) in [6.07, 6.45) is 2.63. The highest BCUT2D eigenvalue weighted by molar-refractivity contribution is 6.21. The zero-order chi connectivity index (χ0) is 17.9. The number of hydrogen-bond donors (Lipinski definition) is 3. The smallest absolute Gasteiger partial charge is 0.255 e. The van der Waals surface area contributed by atoms with Gasteiger partial charge >= 0.3 is 0 Å². The van der Waals surface area contributed by atoms with Crippen LogP contribution in [0.3, 0.4) is 0 Å². The fourth-order valence-corrected chi connectivity index (χ4v) is 4.34. The Morgan fingerprint density at radius 3 is 2.72 bits per heavy atom. The van der Waals surface area contributed by atoms with Gasteiger partial charge in [-0.15, -0.1) is 0 Å². The predicted molar refractivity (Wildman–Crippen MR) is 85.5 cm³/mol. The van der Waals surface area contributed by atoms with Crippen LogP contribution >= 0.6 is 0 Å². The van der Waals surface area contributed by atoms with E-state index in [1.807, 2.05) is 0 Å². The van der Waals surface area contributed by atoms with Gasteiger partial charge < -0.3 is 15.9 Å². The Morgan fingerprint density at radius 2 is 2.00 bits per heavy atom. The molecule has 0 spiro atoms. The number of Topliss-reactive ketones (excluding diaryl/α,β-unsaturated/α-hetero) is 2. The standard InChI is InChI=1S/C18H16N2O5/c19-18(25)14-11(21)6-8-4-7-5-10-9(2-1-3-20-10)15(22)12(7)16(23)13(8)17(14)24/h1-3,7-8,13,21,23H,4-6H2,(H2,19,25). The highest BCUT2D eigenvalue weighted by Crippen LogP contribution is 2.47. The Hall–Kier alpha value is -2.96. The summed E-state index contributed by atoms with van der Waals surface area (Å²) in [5.74, 6) is -4.34. The van der Waals surface area contributed by atoms with Gasteiger partial charge in [0, 0.05) is 23.8 Å². The van der Waals surface area contributed by atoms with Crippen LogP contribution in [-0.4, -0.2) is 32.7 Å². The number of aromatic nitrogens is 1. The van der Waals surface area contributed by atoms with Gasteiger partial charge in [0.25, 0.3) is 5.91 Å². The zero-order valence-electron chi connectivity index (χ0n) is 13.2. The fraction of sp³-hybridized carbons (Fsp3) is 0.333. The third-order valence-electron chi connectivity index (χ3n) is 5.38. The third kappa shape index (κ3) is 2.12. The molecule has 1 heterocycles. The topological polar surface area (TPSA) is 131 Å². The number of nitrogens with two attached hydrogens (primary N) is 1. The monoisotopic (exact) mass is 340 g/mol. The summed E-state index contributed by atoms with van der Waals surface area (Å²) in [7, 11) is 0. The number of rotatable bonds is 1. The molecule has 7 heteroatoms. The van der Waals surface area contributed by atoms with Crippen LogP contribution in [0.2, 0.25) is 0 Å². The molecule has 128 valence electrons. The third-order valence-corrected chi connectivity index (χ3v) is 5.38. The van der Waals surface area contributed by atoms with E-state index < -0.39 is 23.2 Å². The fourth-order valence-electron chi connectivity index (χ4n) is 4.34. The molecule has 0 aliphatic heterocycles. The number of carbonyl (C=O) groups is 3. The molecule has 25 heavy (non-hydrogen) atoms. The maximum Gasteiger partial charge on any atom is 0.255 e. The summed E-state index contributed by atoms with van der Waals surface area (Å²) >= 11 is 0. The molecule has 1 aromatic rings. The molecule has 4 rings (SSSR count). The van der Waals surface area contributed by atoms with Crippen molar-refractivity contribution in [1.29, 1.82) is 0 Å². The molecule has 3 aliphatic rings. The van der Waals surface area contributed by atoms with E-state index in [4.69, 9.17) is 5.73 Å². The van der Waals surface area contributed by atoms with Crippen molar-refractivity contribution in [3.63, 3.8) is 0 Å². The first-order chi connectivity index (χ1) is 11.9. The first-order valence-corrected chi connectivity index (χ1v) is 8.07. The molecule has 0 bridgehead atoms. The first-order valence-electron chi connectivity index (χ1n) is 8.07. The van der Waals surface area contributed by atoms with Crippen LogP contribution in [0.15, 0.2) is 41.0 Å². The lowest BCUT2D eigenvalue weighted by Gasteiger charge is -2.40.